The number of carbonyl (C=O) groups excluding carboxylic acids is 2. The average molecular weight is 293 g/mol. The molecular weight excluding hydrogens is 276 g/mol. The first kappa shape index (κ1) is 13.4. The molecule has 3 rings (SSSR count). The molecule has 5 heteroatoms. The van der Waals surface area contributed by atoms with Crippen LogP contribution in [0, 0.1) is 5.92 Å². The van der Waals surface area contributed by atoms with E-state index in [9.17, 15) is 9.59 Å². The van der Waals surface area contributed by atoms with Crippen molar-refractivity contribution in [3.8, 4) is 0 Å². The summed E-state index contributed by atoms with van der Waals surface area (Å²) in [5.74, 6) is 0.295. The van der Waals surface area contributed by atoms with Crippen molar-refractivity contribution in [2.45, 2.75) is 31.8 Å². The van der Waals surface area contributed by atoms with Gasteiger partial charge in [-0.05, 0) is 43.4 Å². The standard InChI is InChI=1S/C15H17ClN2O2/c1-9(10-4-6-12(16)7-5-10)18-8-13(19)17-14(15(18)20)11-2-3-11/h4-7,9,11,14H,2-3,8H2,1H3,(H,17,19). The maximum absolute atomic E-state index is 12.5. The summed E-state index contributed by atoms with van der Waals surface area (Å²) < 4.78 is 0. The molecule has 1 saturated carbocycles. The average Bonchev–Trinajstić information content (AvgIpc) is 3.25. The molecule has 2 fully saturated rings. The molecule has 0 spiro atoms. The smallest absolute Gasteiger partial charge is 0.246 e. The third kappa shape index (κ3) is 2.52. The van der Waals surface area contributed by atoms with Crippen molar-refractivity contribution < 1.29 is 9.59 Å². The van der Waals surface area contributed by atoms with Gasteiger partial charge in [0.1, 0.15) is 12.6 Å². The Bertz CT molecular complexity index is 539. The second kappa shape index (κ2) is 5.09. The fourth-order valence-electron chi connectivity index (χ4n) is 2.69. The molecule has 1 heterocycles. The van der Waals surface area contributed by atoms with E-state index in [0.717, 1.165) is 18.4 Å². The summed E-state index contributed by atoms with van der Waals surface area (Å²) in [5.41, 5.74) is 0.993. The van der Waals surface area contributed by atoms with Crippen LogP contribution in [0.3, 0.4) is 0 Å². The lowest BCUT2D eigenvalue weighted by molar-refractivity contribution is -0.147. The Morgan fingerprint density at radius 2 is 1.90 bits per heavy atom. The van der Waals surface area contributed by atoms with Crippen molar-refractivity contribution in [3.05, 3.63) is 34.9 Å². The van der Waals surface area contributed by atoms with Gasteiger partial charge in [-0.1, -0.05) is 23.7 Å². The number of hydrogen-bond donors (Lipinski definition) is 1. The second-order valence-corrected chi connectivity index (χ2v) is 6.01. The Labute approximate surface area is 123 Å². The summed E-state index contributed by atoms with van der Waals surface area (Å²) >= 11 is 5.88. The molecule has 4 nitrogen and oxygen atoms in total. The molecule has 0 aromatic heterocycles. The predicted octanol–water partition coefficient (Wildman–Crippen LogP) is 2.14. The lowest BCUT2D eigenvalue weighted by Gasteiger charge is -2.36. The van der Waals surface area contributed by atoms with Crippen molar-refractivity contribution in [1.29, 1.82) is 0 Å². The van der Waals surface area contributed by atoms with Crippen LogP contribution in [0.4, 0.5) is 0 Å². The van der Waals surface area contributed by atoms with Crippen LogP contribution < -0.4 is 5.32 Å². The van der Waals surface area contributed by atoms with E-state index in [1.807, 2.05) is 19.1 Å². The Morgan fingerprint density at radius 3 is 2.50 bits per heavy atom. The van der Waals surface area contributed by atoms with Gasteiger partial charge in [-0.3, -0.25) is 9.59 Å². The SMILES string of the molecule is CC(c1ccc(Cl)cc1)N1CC(=O)NC(C2CC2)C1=O. The van der Waals surface area contributed by atoms with Crippen LogP contribution in [0.1, 0.15) is 31.4 Å². The highest BCUT2D eigenvalue weighted by Crippen LogP contribution is 2.35. The van der Waals surface area contributed by atoms with Crippen LogP contribution in [0.5, 0.6) is 0 Å². The first-order valence-electron chi connectivity index (χ1n) is 6.91. The Balaban J connectivity index is 1.81. The zero-order chi connectivity index (χ0) is 14.3. The van der Waals surface area contributed by atoms with E-state index in [-0.39, 0.29) is 30.4 Å². The molecule has 0 bridgehead atoms. The van der Waals surface area contributed by atoms with Gasteiger partial charge in [-0.15, -0.1) is 0 Å². The van der Waals surface area contributed by atoms with Crippen LogP contribution in [-0.2, 0) is 9.59 Å². The molecule has 1 aliphatic heterocycles. The molecule has 1 saturated heterocycles. The monoisotopic (exact) mass is 292 g/mol. The second-order valence-electron chi connectivity index (χ2n) is 5.58. The Hall–Kier alpha value is -1.55. The van der Waals surface area contributed by atoms with E-state index >= 15 is 0 Å². The highest BCUT2D eigenvalue weighted by molar-refractivity contribution is 6.30. The molecular formula is C15H17ClN2O2. The summed E-state index contributed by atoms with van der Waals surface area (Å²) in [6.07, 6.45) is 2.06. The number of rotatable bonds is 3. The molecule has 2 amide bonds. The van der Waals surface area contributed by atoms with E-state index in [0.29, 0.717) is 10.9 Å². The molecule has 1 aromatic rings. The molecule has 2 unspecified atom stereocenters. The topological polar surface area (TPSA) is 49.4 Å². The van der Waals surface area contributed by atoms with E-state index < -0.39 is 0 Å². The fraction of sp³-hybridized carbons (Fsp3) is 0.467. The zero-order valence-corrected chi connectivity index (χ0v) is 12.1. The van der Waals surface area contributed by atoms with Gasteiger partial charge in [0.15, 0.2) is 0 Å². The van der Waals surface area contributed by atoms with Crippen molar-refractivity contribution in [2.24, 2.45) is 5.92 Å². The first-order chi connectivity index (χ1) is 9.56. The summed E-state index contributed by atoms with van der Waals surface area (Å²) in [6, 6.07) is 6.97. The molecule has 2 atom stereocenters. The minimum absolute atomic E-state index is 0.0366. The number of nitrogens with one attached hydrogen (secondary N) is 1. The van der Waals surface area contributed by atoms with Gasteiger partial charge >= 0.3 is 0 Å². The molecule has 1 aliphatic carbocycles. The van der Waals surface area contributed by atoms with Crippen molar-refractivity contribution in [1.82, 2.24) is 10.2 Å². The molecule has 0 radical (unpaired) electrons. The van der Waals surface area contributed by atoms with Gasteiger partial charge in [-0.2, -0.15) is 0 Å². The van der Waals surface area contributed by atoms with Gasteiger partial charge in [0.05, 0.1) is 6.04 Å². The van der Waals surface area contributed by atoms with Gasteiger partial charge in [0, 0.05) is 5.02 Å². The van der Waals surface area contributed by atoms with Crippen molar-refractivity contribution in [2.75, 3.05) is 6.54 Å². The summed E-state index contributed by atoms with van der Waals surface area (Å²) in [4.78, 5) is 26.0. The number of carbonyl (C=O) groups is 2. The quantitative estimate of drug-likeness (QED) is 0.928. The van der Waals surface area contributed by atoms with E-state index in [2.05, 4.69) is 5.32 Å². The van der Waals surface area contributed by atoms with E-state index in [4.69, 9.17) is 11.6 Å². The molecule has 20 heavy (non-hydrogen) atoms. The third-order valence-corrected chi connectivity index (χ3v) is 4.34. The largest absolute Gasteiger partial charge is 0.342 e. The predicted molar refractivity (Wildman–Crippen MR) is 76.2 cm³/mol. The minimum atomic E-state index is -0.328. The zero-order valence-electron chi connectivity index (χ0n) is 11.3. The lowest BCUT2D eigenvalue weighted by Crippen LogP contribution is -2.59. The van der Waals surface area contributed by atoms with Gasteiger partial charge < -0.3 is 10.2 Å². The summed E-state index contributed by atoms with van der Waals surface area (Å²) in [7, 11) is 0. The van der Waals surface area contributed by atoms with Crippen LogP contribution in [-0.4, -0.2) is 29.3 Å². The van der Waals surface area contributed by atoms with Crippen molar-refractivity contribution in [3.63, 3.8) is 0 Å². The normalized spacial score (nSPS) is 24.5. The van der Waals surface area contributed by atoms with Crippen LogP contribution in [0.2, 0.25) is 5.02 Å². The number of halogens is 1. The highest BCUT2D eigenvalue weighted by atomic mass is 35.5. The van der Waals surface area contributed by atoms with Crippen LogP contribution in [0.25, 0.3) is 0 Å². The minimum Gasteiger partial charge on any atom is -0.342 e. The third-order valence-electron chi connectivity index (χ3n) is 4.09. The molecule has 1 N–H and O–H groups in total. The highest BCUT2D eigenvalue weighted by Gasteiger charge is 2.43. The number of piperazine rings is 1. The Kier molecular flexibility index (Phi) is 3.42. The first-order valence-corrected chi connectivity index (χ1v) is 7.29. The number of nitrogens with zero attached hydrogens (tertiary/aromatic N) is 1. The van der Waals surface area contributed by atoms with Crippen LogP contribution >= 0.6 is 11.6 Å². The molecule has 2 aliphatic rings. The fourth-order valence-corrected chi connectivity index (χ4v) is 2.82. The number of amides is 2. The van der Waals surface area contributed by atoms with E-state index in [1.54, 1.807) is 17.0 Å². The summed E-state index contributed by atoms with van der Waals surface area (Å²) in [6.45, 7) is 2.08. The molecule has 1 aromatic carbocycles. The van der Waals surface area contributed by atoms with Gasteiger partial charge in [-0.25, -0.2) is 0 Å². The van der Waals surface area contributed by atoms with Gasteiger partial charge in [0.25, 0.3) is 0 Å². The Morgan fingerprint density at radius 1 is 1.25 bits per heavy atom. The van der Waals surface area contributed by atoms with Gasteiger partial charge in [0.2, 0.25) is 11.8 Å². The summed E-state index contributed by atoms with van der Waals surface area (Å²) in [5, 5.41) is 3.49. The number of benzene rings is 1. The lowest BCUT2D eigenvalue weighted by atomic mass is 10.0. The maximum atomic E-state index is 12.5. The van der Waals surface area contributed by atoms with Crippen LogP contribution in [0.15, 0.2) is 24.3 Å². The maximum Gasteiger partial charge on any atom is 0.246 e. The molecule has 106 valence electrons. The van der Waals surface area contributed by atoms with Crippen molar-refractivity contribution >= 4 is 23.4 Å². The van der Waals surface area contributed by atoms with E-state index in [1.165, 1.54) is 0 Å². The number of hydrogen-bond acceptors (Lipinski definition) is 2.